The van der Waals surface area contributed by atoms with Crippen LogP contribution in [0.25, 0.3) is 0 Å². The lowest BCUT2D eigenvalue weighted by Gasteiger charge is -2.48. The van der Waals surface area contributed by atoms with Gasteiger partial charge in [-0.3, -0.25) is 14.4 Å². The number of carbonyl (C=O) groups is 3. The molecule has 0 radical (unpaired) electrons. The Balaban J connectivity index is 0.00000441. The number of rotatable bonds is 15. The summed E-state index contributed by atoms with van der Waals surface area (Å²) in [6.07, 6.45) is 4.91. The zero-order valence-corrected chi connectivity index (χ0v) is 27.9. The molecule has 2 aromatic rings. The number of thioether (sulfide) groups is 1. The number of amides is 2. The second-order valence-electron chi connectivity index (χ2n) is 11.5. The van der Waals surface area contributed by atoms with Crippen LogP contribution >= 0.6 is 36.6 Å². The number of hydrogen-bond donors (Lipinski definition) is 1. The van der Waals surface area contributed by atoms with Crippen LogP contribution in [0.3, 0.4) is 0 Å². The minimum Gasteiger partial charge on any atom is -0.408 e. The molecule has 3 rings (SSSR count). The van der Waals surface area contributed by atoms with E-state index in [0.717, 1.165) is 37.1 Å². The first-order chi connectivity index (χ1) is 19.0. The van der Waals surface area contributed by atoms with Gasteiger partial charge in [0, 0.05) is 24.4 Å². The molecule has 1 aromatic heterocycles. The second kappa shape index (κ2) is 17.8. The van der Waals surface area contributed by atoms with Gasteiger partial charge < -0.3 is 24.4 Å². The summed E-state index contributed by atoms with van der Waals surface area (Å²) >= 11 is 1.39. The molecule has 1 unspecified atom stereocenters. The quantitative estimate of drug-likeness (QED) is 0.127. The minimum atomic E-state index is -0.993. The molecule has 1 N–H and O–H groups in total. The monoisotopic (exact) mass is 644 g/mol. The molecule has 10 nitrogen and oxygen atoms in total. The number of aromatic nitrogens is 2. The zero-order valence-electron chi connectivity index (χ0n) is 25.5. The Hall–Kier alpha value is -2.18. The van der Waals surface area contributed by atoms with Crippen molar-refractivity contribution < 1.29 is 18.8 Å². The summed E-state index contributed by atoms with van der Waals surface area (Å²) in [6.45, 7) is 5.53. The summed E-state index contributed by atoms with van der Waals surface area (Å²) < 4.78 is 5.74. The van der Waals surface area contributed by atoms with Crippen molar-refractivity contribution in [1.29, 1.82) is 0 Å². The average Bonchev–Trinajstić information content (AvgIpc) is 3.37. The predicted molar refractivity (Wildman–Crippen MR) is 171 cm³/mol. The number of nitrogens with zero attached hydrogens (tertiary/aromatic N) is 5. The number of benzene rings is 1. The van der Waals surface area contributed by atoms with E-state index in [9.17, 15) is 14.4 Å². The molecular formula is C29H46Cl2N6O4S. The van der Waals surface area contributed by atoms with Crippen LogP contribution in [-0.2, 0) is 11.3 Å². The second-order valence-corrected chi connectivity index (χ2v) is 12.6. The summed E-state index contributed by atoms with van der Waals surface area (Å²) in [5.74, 6) is 0.0668. The van der Waals surface area contributed by atoms with Crippen molar-refractivity contribution in [1.82, 2.24) is 30.2 Å². The van der Waals surface area contributed by atoms with Gasteiger partial charge in [-0.2, -0.15) is 0 Å². The van der Waals surface area contributed by atoms with E-state index in [0.29, 0.717) is 43.0 Å². The van der Waals surface area contributed by atoms with Gasteiger partial charge in [0.1, 0.15) is 11.7 Å². The first-order valence-corrected chi connectivity index (χ1v) is 15.0. The van der Waals surface area contributed by atoms with Gasteiger partial charge in [0.2, 0.25) is 12.2 Å². The van der Waals surface area contributed by atoms with Crippen molar-refractivity contribution >= 4 is 54.7 Å². The summed E-state index contributed by atoms with van der Waals surface area (Å²) in [7, 11) is 7.92. The van der Waals surface area contributed by atoms with Crippen LogP contribution in [0.2, 0.25) is 0 Å². The minimum absolute atomic E-state index is 0. The fourth-order valence-corrected chi connectivity index (χ4v) is 6.00. The summed E-state index contributed by atoms with van der Waals surface area (Å²) in [6, 6.07) is 6.66. The molecule has 1 fully saturated rings. The van der Waals surface area contributed by atoms with E-state index < -0.39 is 17.5 Å². The lowest BCUT2D eigenvalue weighted by atomic mass is 9.84. The molecule has 1 heterocycles. The van der Waals surface area contributed by atoms with Crippen molar-refractivity contribution in [3.05, 3.63) is 41.3 Å². The van der Waals surface area contributed by atoms with Crippen molar-refractivity contribution in [2.24, 2.45) is 5.92 Å². The SMILES string of the molecule is CC(C)CC(C(=O)c1nnc(SCCN(C)C)o1)N(C=O)C1(NC(=O)c2cccc(CN(C)C)c2)CCCCC1.Cl.Cl. The Morgan fingerprint density at radius 2 is 1.76 bits per heavy atom. The van der Waals surface area contributed by atoms with Crippen LogP contribution in [0.5, 0.6) is 0 Å². The van der Waals surface area contributed by atoms with Gasteiger partial charge in [0.15, 0.2) is 0 Å². The van der Waals surface area contributed by atoms with Gasteiger partial charge >= 0.3 is 0 Å². The first-order valence-electron chi connectivity index (χ1n) is 14.0. The van der Waals surface area contributed by atoms with Gasteiger partial charge in [-0.25, -0.2) is 0 Å². The van der Waals surface area contributed by atoms with Crippen LogP contribution in [-0.4, -0.2) is 95.2 Å². The number of halogens is 2. The lowest BCUT2D eigenvalue weighted by molar-refractivity contribution is -0.129. The lowest BCUT2D eigenvalue weighted by Crippen LogP contribution is -2.65. The van der Waals surface area contributed by atoms with Crippen molar-refractivity contribution in [2.45, 2.75) is 75.8 Å². The van der Waals surface area contributed by atoms with Gasteiger partial charge in [-0.05, 0) is 83.9 Å². The third-order valence-corrected chi connectivity index (χ3v) is 7.84. The largest absolute Gasteiger partial charge is 0.408 e. The van der Waals surface area contributed by atoms with Gasteiger partial charge in [0.25, 0.3) is 17.0 Å². The Bertz CT molecular complexity index is 1140. The molecule has 2 amide bonds. The predicted octanol–water partition coefficient (Wildman–Crippen LogP) is 4.77. The topological polar surface area (TPSA) is 112 Å². The fraction of sp³-hybridized carbons (Fsp3) is 0.621. The Kier molecular flexibility index (Phi) is 16.1. The highest BCUT2D eigenvalue weighted by atomic mass is 35.5. The van der Waals surface area contributed by atoms with E-state index in [1.165, 1.54) is 16.7 Å². The Labute approximate surface area is 266 Å². The van der Waals surface area contributed by atoms with Crippen LogP contribution < -0.4 is 5.32 Å². The number of hydrogen-bond acceptors (Lipinski definition) is 9. The molecule has 0 bridgehead atoms. The van der Waals surface area contributed by atoms with Crippen molar-refractivity contribution in [3.8, 4) is 0 Å². The maximum Gasteiger partial charge on any atom is 0.286 e. The molecule has 0 saturated heterocycles. The highest BCUT2D eigenvalue weighted by Gasteiger charge is 2.45. The maximum atomic E-state index is 13.8. The van der Waals surface area contributed by atoms with Crippen molar-refractivity contribution in [2.75, 3.05) is 40.5 Å². The molecule has 1 atom stereocenters. The molecule has 0 spiro atoms. The van der Waals surface area contributed by atoms with Crippen LogP contribution in [0.4, 0.5) is 0 Å². The third kappa shape index (κ3) is 10.5. The Morgan fingerprint density at radius 3 is 2.36 bits per heavy atom. The normalized spacial score (nSPS) is 15.1. The van der Waals surface area contributed by atoms with Gasteiger partial charge in [-0.15, -0.1) is 35.0 Å². The van der Waals surface area contributed by atoms with Crippen LogP contribution in [0.1, 0.15) is 79.0 Å². The van der Waals surface area contributed by atoms with E-state index in [4.69, 9.17) is 4.42 Å². The number of Topliss-reactive ketones (excluding diaryl/α,β-unsaturated/α-hetero) is 1. The standard InChI is InChI=1S/C29H44N6O4S.2ClH/c1-21(2)17-24(25(37)27-31-32-28(39-27)40-16-15-33(3)4)35(20-36)29(13-8-7-9-14-29)30-26(38)23-12-10-11-22(18-23)19-34(5)6;;/h10-12,18,20-21,24H,7-9,13-17,19H2,1-6H3,(H,30,38);2*1H. The summed E-state index contributed by atoms with van der Waals surface area (Å²) in [5.41, 5.74) is 0.553. The molecule has 42 heavy (non-hydrogen) atoms. The average molecular weight is 646 g/mol. The summed E-state index contributed by atoms with van der Waals surface area (Å²) in [4.78, 5) is 45.9. The van der Waals surface area contributed by atoms with Crippen LogP contribution in [0, 0.1) is 5.92 Å². The number of ketones is 1. The highest BCUT2D eigenvalue weighted by Crippen LogP contribution is 2.35. The highest BCUT2D eigenvalue weighted by molar-refractivity contribution is 7.99. The van der Waals surface area contributed by atoms with Crippen LogP contribution in [0.15, 0.2) is 33.9 Å². The zero-order chi connectivity index (χ0) is 29.3. The molecule has 1 aromatic carbocycles. The molecule has 13 heteroatoms. The van der Waals surface area contributed by atoms with E-state index in [-0.39, 0.29) is 42.5 Å². The molecule has 1 aliphatic carbocycles. The van der Waals surface area contributed by atoms with E-state index in [2.05, 4.69) is 15.5 Å². The molecule has 236 valence electrons. The molecular weight excluding hydrogens is 599 g/mol. The van der Waals surface area contributed by atoms with E-state index >= 15 is 0 Å². The maximum absolute atomic E-state index is 13.8. The van der Waals surface area contributed by atoms with Crippen molar-refractivity contribution in [3.63, 3.8) is 0 Å². The van der Waals surface area contributed by atoms with E-state index in [1.807, 2.05) is 70.0 Å². The first kappa shape index (κ1) is 37.8. The van der Waals surface area contributed by atoms with Gasteiger partial charge in [0.05, 0.1) is 0 Å². The Morgan fingerprint density at radius 1 is 1.07 bits per heavy atom. The molecule has 1 aliphatic rings. The fourth-order valence-electron chi connectivity index (χ4n) is 5.14. The third-order valence-electron chi connectivity index (χ3n) is 7.04. The summed E-state index contributed by atoms with van der Waals surface area (Å²) in [5, 5.41) is 11.6. The number of carbonyl (C=O) groups excluding carboxylic acids is 3. The smallest absolute Gasteiger partial charge is 0.286 e. The molecule has 0 aliphatic heterocycles. The molecule has 1 saturated carbocycles. The number of nitrogens with one attached hydrogen (secondary N) is 1. The van der Waals surface area contributed by atoms with Gasteiger partial charge in [-0.1, -0.05) is 44.2 Å². The van der Waals surface area contributed by atoms with E-state index in [1.54, 1.807) is 6.07 Å².